The first-order valence-electron chi connectivity index (χ1n) is 6.12. The Labute approximate surface area is 104 Å². The first-order valence-corrected chi connectivity index (χ1v) is 6.12. The van der Waals surface area contributed by atoms with E-state index in [1.54, 1.807) is 6.07 Å². The van der Waals surface area contributed by atoms with Crippen LogP contribution in [0.25, 0.3) is 0 Å². The van der Waals surface area contributed by atoms with E-state index in [-0.39, 0.29) is 5.75 Å². The van der Waals surface area contributed by atoms with Crippen molar-refractivity contribution >= 4 is 0 Å². The molecule has 0 aliphatic carbocycles. The van der Waals surface area contributed by atoms with Crippen LogP contribution in [-0.2, 0) is 6.54 Å². The number of pyridine rings is 1. The Morgan fingerprint density at radius 2 is 1.94 bits per heavy atom. The summed E-state index contributed by atoms with van der Waals surface area (Å²) in [6.07, 6.45) is 2.65. The minimum Gasteiger partial charge on any atom is -0.506 e. The maximum atomic E-state index is 9.19. The summed E-state index contributed by atoms with van der Waals surface area (Å²) in [7, 11) is 4.17. The summed E-state index contributed by atoms with van der Waals surface area (Å²) in [5, 5.41) is 9.19. The van der Waals surface area contributed by atoms with E-state index in [9.17, 15) is 5.11 Å². The molecule has 0 amide bonds. The van der Waals surface area contributed by atoms with Crippen LogP contribution >= 0.6 is 0 Å². The highest BCUT2D eigenvalue weighted by atomic mass is 16.3. The van der Waals surface area contributed by atoms with Crippen LogP contribution in [0.1, 0.15) is 19.0 Å². The van der Waals surface area contributed by atoms with E-state index >= 15 is 0 Å². The van der Waals surface area contributed by atoms with E-state index in [0.29, 0.717) is 0 Å². The van der Waals surface area contributed by atoms with Crippen LogP contribution in [0.5, 0.6) is 5.75 Å². The quantitative estimate of drug-likeness (QED) is 0.781. The lowest BCUT2D eigenvalue weighted by Crippen LogP contribution is -2.32. The lowest BCUT2D eigenvalue weighted by Gasteiger charge is -2.23. The molecule has 0 saturated heterocycles. The molecular formula is C13H23N3O. The summed E-state index contributed by atoms with van der Waals surface area (Å²) in [6.45, 7) is 6.22. The van der Waals surface area contributed by atoms with Crippen molar-refractivity contribution in [1.29, 1.82) is 0 Å². The third-order valence-electron chi connectivity index (χ3n) is 2.60. The molecule has 0 bridgehead atoms. The molecule has 4 nitrogen and oxygen atoms in total. The van der Waals surface area contributed by atoms with Crippen molar-refractivity contribution in [2.75, 3.05) is 33.7 Å². The Balaban J connectivity index is 2.50. The molecule has 0 spiro atoms. The molecule has 17 heavy (non-hydrogen) atoms. The Morgan fingerprint density at radius 3 is 2.47 bits per heavy atom. The molecular weight excluding hydrogens is 214 g/mol. The number of rotatable bonds is 7. The van der Waals surface area contributed by atoms with Gasteiger partial charge in [0.05, 0.1) is 11.9 Å². The smallest absolute Gasteiger partial charge is 0.133 e. The predicted molar refractivity (Wildman–Crippen MR) is 70.0 cm³/mol. The van der Waals surface area contributed by atoms with Crippen molar-refractivity contribution in [3.05, 3.63) is 24.0 Å². The average Bonchev–Trinajstić information content (AvgIpc) is 2.29. The van der Waals surface area contributed by atoms with E-state index in [4.69, 9.17) is 0 Å². The standard InChI is InChI=1S/C13H23N3O/c1-4-7-16(9-8-15(2)3)11-12-5-6-13(17)10-14-12/h5-6,10,17H,4,7-9,11H2,1-3H3. The number of hydrogen-bond acceptors (Lipinski definition) is 4. The molecule has 0 aliphatic heterocycles. The first kappa shape index (κ1) is 13.9. The van der Waals surface area contributed by atoms with E-state index in [1.165, 1.54) is 6.20 Å². The van der Waals surface area contributed by atoms with E-state index < -0.39 is 0 Å². The van der Waals surface area contributed by atoms with Crippen molar-refractivity contribution in [3.8, 4) is 5.75 Å². The van der Waals surface area contributed by atoms with Gasteiger partial charge >= 0.3 is 0 Å². The Hall–Kier alpha value is -1.13. The highest BCUT2D eigenvalue weighted by Gasteiger charge is 2.06. The van der Waals surface area contributed by atoms with Gasteiger partial charge in [0, 0.05) is 19.6 Å². The fraction of sp³-hybridized carbons (Fsp3) is 0.615. The SMILES string of the molecule is CCCN(CCN(C)C)Cc1ccc(O)cn1. The van der Waals surface area contributed by atoms with Crippen LogP contribution in [0.4, 0.5) is 0 Å². The molecule has 1 N–H and O–H groups in total. The van der Waals surface area contributed by atoms with Crippen molar-refractivity contribution < 1.29 is 5.11 Å². The van der Waals surface area contributed by atoms with Gasteiger partial charge in [0.15, 0.2) is 0 Å². The summed E-state index contributed by atoms with van der Waals surface area (Å²) in [6, 6.07) is 3.58. The van der Waals surface area contributed by atoms with Crippen molar-refractivity contribution in [2.45, 2.75) is 19.9 Å². The highest BCUT2D eigenvalue weighted by molar-refractivity contribution is 5.17. The summed E-state index contributed by atoms with van der Waals surface area (Å²) in [5.74, 6) is 0.226. The van der Waals surface area contributed by atoms with Crippen molar-refractivity contribution in [3.63, 3.8) is 0 Å². The summed E-state index contributed by atoms with van der Waals surface area (Å²) >= 11 is 0. The molecule has 1 aromatic rings. The average molecular weight is 237 g/mol. The molecule has 0 unspecified atom stereocenters. The zero-order chi connectivity index (χ0) is 12.7. The van der Waals surface area contributed by atoms with Crippen LogP contribution in [0, 0.1) is 0 Å². The lowest BCUT2D eigenvalue weighted by atomic mass is 10.3. The number of nitrogens with zero attached hydrogens (tertiary/aromatic N) is 3. The summed E-state index contributed by atoms with van der Waals surface area (Å²) < 4.78 is 0. The second-order valence-corrected chi connectivity index (χ2v) is 4.59. The Morgan fingerprint density at radius 1 is 1.18 bits per heavy atom. The molecule has 1 heterocycles. The predicted octanol–water partition coefficient (Wildman–Crippen LogP) is 1.56. The first-order chi connectivity index (χ1) is 8.11. The molecule has 0 aromatic carbocycles. The van der Waals surface area contributed by atoms with Gasteiger partial charge in [-0.15, -0.1) is 0 Å². The largest absolute Gasteiger partial charge is 0.506 e. The summed E-state index contributed by atoms with van der Waals surface area (Å²) in [5.41, 5.74) is 1.01. The van der Waals surface area contributed by atoms with Gasteiger partial charge in [-0.3, -0.25) is 9.88 Å². The maximum Gasteiger partial charge on any atom is 0.133 e. The van der Waals surface area contributed by atoms with Crippen LogP contribution in [0.15, 0.2) is 18.3 Å². The number of aromatic nitrogens is 1. The maximum absolute atomic E-state index is 9.19. The number of likely N-dealkylation sites (N-methyl/N-ethyl adjacent to an activating group) is 1. The molecule has 1 aromatic heterocycles. The minimum absolute atomic E-state index is 0.226. The third kappa shape index (κ3) is 5.65. The molecule has 0 fully saturated rings. The fourth-order valence-corrected chi connectivity index (χ4v) is 1.67. The zero-order valence-corrected chi connectivity index (χ0v) is 11.1. The molecule has 96 valence electrons. The van der Waals surface area contributed by atoms with Gasteiger partial charge in [0.25, 0.3) is 0 Å². The molecule has 0 saturated carbocycles. The van der Waals surface area contributed by atoms with Gasteiger partial charge < -0.3 is 10.0 Å². The monoisotopic (exact) mass is 237 g/mol. The number of hydrogen-bond donors (Lipinski definition) is 1. The number of aromatic hydroxyl groups is 1. The van der Waals surface area contributed by atoms with E-state index in [1.807, 2.05) is 6.07 Å². The van der Waals surface area contributed by atoms with Crippen LogP contribution < -0.4 is 0 Å². The molecule has 0 aliphatic rings. The van der Waals surface area contributed by atoms with Gasteiger partial charge in [0.2, 0.25) is 0 Å². The topological polar surface area (TPSA) is 39.6 Å². The van der Waals surface area contributed by atoms with Gasteiger partial charge in [-0.2, -0.15) is 0 Å². The second kappa shape index (κ2) is 7.25. The highest BCUT2D eigenvalue weighted by Crippen LogP contribution is 2.08. The van der Waals surface area contributed by atoms with Gasteiger partial charge in [-0.1, -0.05) is 6.92 Å². The van der Waals surface area contributed by atoms with Crippen LogP contribution in [-0.4, -0.2) is 53.6 Å². The van der Waals surface area contributed by atoms with E-state index in [2.05, 4.69) is 35.8 Å². The van der Waals surface area contributed by atoms with Gasteiger partial charge in [-0.25, -0.2) is 0 Å². The molecule has 0 radical (unpaired) electrons. The molecule has 0 atom stereocenters. The van der Waals surface area contributed by atoms with Crippen LogP contribution in [0.3, 0.4) is 0 Å². The van der Waals surface area contributed by atoms with Gasteiger partial charge in [0.1, 0.15) is 5.75 Å². The Bertz CT molecular complexity index is 311. The van der Waals surface area contributed by atoms with Crippen LogP contribution in [0.2, 0.25) is 0 Å². The lowest BCUT2D eigenvalue weighted by molar-refractivity contribution is 0.231. The zero-order valence-electron chi connectivity index (χ0n) is 11.1. The molecule has 1 rings (SSSR count). The Kier molecular flexibility index (Phi) is 5.94. The third-order valence-corrected chi connectivity index (χ3v) is 2.60. The summed E-state index contributed by atoms with van der Waals surface area (Å²) in [4.78, 5) is 8.80. The second-order valence-electron chi connectivity index (χ2n) is 4.59. The van der Waals surface area contributed by atoms with Gasteiger partial charge in [-0.05, 0) is 39.2 Å². The molecule has 4 heteroatoms. The fourth-order valence-electron chi connectivity index (χ4n) is 1.67. The normalized spacial score (nSPS) is 11.4. The van der Waals surface area contributed by atoms with Crippen molar-refractivity contribution in [1.82, 2.24) is 14.8 Å². The van der Waals surface area contributed by atoms with E-state index in [0.717, 1.165) is 38.3 Å². The minimum atomic E-state index is 0.226. The van der Waals surface area contributed by atoms with Crippen molar-refractivity contribution in [2.24, 2.45) is 0 Å².